The fourth-order valence-corrected chi connectivity index (χ4v) is 1.97. The third kappa shape index (κ3) is 4.17. The van der Waals surface area contributed by atoms with Crippen molar-refractivity contribution in [3.8, 4) is 0 Å². The van der Waals surface area contributed by atoms with Crippen molar-refractivity contribution < 1.29 is 9.53 Å². The van der Waals surface area contributed by atoms with Gasteiger partial charge < -0.3 is 9.72 Å². The number of esters is 1. The highest BCUT2D eigenvalue weighted by Crippen LogP contribution is 2.02. The summed E-state index contributed by atoms with van der Waals surface area (Å²) in [5, 5.41) is 0. The minimum Gasteiger partial charge on any atom is -0.462 e. The van der Waals surface area contributed by atoms with Gasteiger partial charge in [-0.05, 0) is 37.2 Å². The van der Waals surface area contributed by atoms with E-state index in [4.69, 9.17) is 17.0 Å². The van der Waals surface area contributed by atoms with Crippen LogP contribution in [-0.4, -0.2) is 22.5 Å². The number of carbonyl (C=O) groups excluding carboxylic acids is 1. The summed E-state index contributed by atoms with van der Waals surface area (Å²) in [6, 6.07) is 10.3. The quantitative estimate of drug-likeness (QED) is 0.503. The van der Waals surface area contributed by atoms with Gasteiger partial charge in [-0.15, -0.1) is 0 Å². The van der Waals surface area contributed by atoms with Crippen molar-refractivity contribution in [3.63, 3.8) is 0 Å². The second kappa shape index (κ2) is 6.81. The molecule has 0 spiro atoms. The van der Waals surface area contributed by atoms with E-state index in [-0.39, 0.29) is 11.5 Å². The fraction of sp³-hybridized carbons (Fsp3) is 0.214. The lowest BCUT2D eigenvalue weighted by atomic mass is 10.2. The van der Waals surface area contributed by atoms with E-state index in [0.717, 1.165) is 5.69 Å². The predicted octanol–water partition coefficient (Wildman–Crippen LogP) is 2.22. The summed E-state index contributed by atoms with van der Waals surface area (Å²) < 4.78 is 5.45. The molecule has 0 aliphatic carbocycles. The average Bonchev–Trinajstić information content (AvgIpc) is 2.43. The van der Waals surface area contributed by atoms with Crippen LogP contribution in [0.25, 0.3) is 0 Å². The van der Waals surface area contributed by atoms with Gasteiger partial charge in [0, 0.05) is 11.8 Å². The van der Waals surface area contributed by atoms with Crippen molar-refractivity contribution in [1.82, 2.24) is 9.97 Å². The Morgan fingerprint density at radius 2 is 1.95 bits per heavy atom. The third-order valence-corrected chi connectivity index (χ3v) is 2.85. The van der Waals surface area contributed by atoms with Crippen molar-refractivity contribution in [2.45, 2.75) is 12.8 Å². The number of aromatic nitrogens is 2. The smallest absolute Gasteiger partial charge is 0.338 e. The average molecular weight is 290 g/mol. The van der Waals surface area contributed by atoms with Gasteiger partial charge in [-0.3, -0.25) is 9.78 Å². The van der Waals surface area contributed by atoms with Crippen LogP contribution in [0.15, 0.2) is 41.2 Å². The van der Waals surface area contributed by atoms with Crippen LogP contribution in [0.5, 0.6) is 0 Å². The maximum absolute atomic E-state index is 11.7. The lowest BCUT2D eigenvalue weighted by molar-refractivity contribution is 0.0500. The zero-order chi connectivity index (χ0) is 14.4. The van der Waals surface area contributed by atoms with Crippen molar-refractivity contribution in [1.29, 1.82) is 0 Å². The lowest BCUT2D eigenvalue weighted by Gasteiger charge is -2.04. The molecule has 0 unspecified atom stereocenters. The Labute approximate surface area is 120 Å². The maximum atomic E-state index is 11.7. The largest absolute Gasteiger partial charge is 0.462 e. The van der Waals surface area contributed by atoms with Crippen molar-refractivity contribution in [2.24, 2.45) is 0 Å². The molecule has 20 heavy (non-hydrogen) atoms. The summed E-state index contributed by atoms with van der Waals surface area (Å²) in [5.74, 6) is -0.343. The molecular formula is C14H14N2O3S. The highest BCUT2D eigenvalue weighted by atomic mass is 32.1. The van der Waals surface area contributed by atoms with Crippen LogP contribution in [0.1, 0.15) is 22.5 Å². The summed E-state index contributed by atoms with van der Waals surface area (Å²) in [7, 11) is 0. The van der Waals surface area contributed by atoms with Crippen LogP contribution < -0.4 is 5.56 Å². The van der Waals surface area contributed by atoms with E-state index in [0.29, 0.717) is 29.8 Å². The van der Waals surface area contributed by atoms with Gasteiger partial charge >= 0.3 is 5.97 Å². The van der Waals surface area contributed by atoms with E-state index in [1.54, 1.807) is 24.3 Å². The highest BCUT2D eigenvalue weighted by Gasteiger charge is 2.05. The first-order valence-electron chi connectivity index (χ1n) is 6.20. The fourth-order valence-electron chi connectivity index (χ4n) is 1.74. The summed E-state index contributed by atoms with van der Waals surface area (Å²) in [5.41, 5.74) is 1.03. The molecule has 2 N–H and O–H groups in total. The lowest BCUT2D eigenvalue weighted by Crippen LogP contribution is -2.10. The Morgan fingerprint density at radius 3 is 2.65 bits per heavy atom. The number of rotatable bonds is 5. The van der Waals surface area contributed by atoms with E-state index in [1.165, 1.54) is 6.07 Å². The molecule has 1 aromatic carbocycles. The summed E-state index contributed by atoms with van der Waals surface area (Å²) in [6.07, 6.45) is 1.21. The van der Waals surface area contributed by atoms with Crippen LogP contribution in [0.3, 0.4) is 0 Å². The van der Waals surface area contributed by atoms with Crippen LogP contribution in [0.4, 0.5) is 0 Å². The van der Waals surface area contributed by atoms with Gasteiger partial charge in [0.25, 0.3) is 5.56 Å². The number of carbonyl (C=O) groups is 1. The van der Waals surface area contributed by atoms with Crippen molar-refractivity contribution >= 4 is 18.2 Å². The molecule has 0 atom stereocenters. The number of ether oxygens (including phenoxy) is 1. The highest BCUT2D eigenvalue weighted by molar-refractivity contribution is 7.71. The molecule has 0 bridgehead atoms. The van der Waals surface area contributed by atoms with Gasteiger partial charge in [-0.1, -0.05) is 18.2 Å². The van der Waals surface area contributed by atoms with Gasteiger partial charge in [0.05, 0.1) is 12.2 Å². The normalized spacial score (nSPS) is 10.2. The van der Waals surface area contributed by atoms with E-state index < -0.39 is 0 Å². The van der Waals surface area contributed by atoms with E-state index in [2.05, 4.69) is 9.97 Å². The molecule has 5 nitrogen and oxygen atoms in total. The second-order valence-corrected chi connectivity index (χ2v) is 4.63. The molecule has 1 heterocycles. The Balaban J connectivity index is 1.81. The van der Waals surface area contributed by atoms with Gasteiger partial charge in [0.2, 0.25) is 0 Å². The van der Waals surface area contributed by atoms with Crippen molar-refractivity contribution in [2.75, 3.05) is 6.61 Å². The Morgan fingerprint density at radius 1 is 1.20 bits per heavy atom. The maximum Gasteiger partial charge on any atom is 0.338 e. The molecular weight excluding hydrogens is 276 g/mol. The molecule has 0 saturated heterocycles. The Bertz CT molecular complexity index is 663. The molecule has 1 aromatic heterocycles. The monoisotopic (exact) mass is 290 g/mol. The topological polar surface area (TPSA) is 75.0 Å². The third-order valence-electron chi connectivity index (χ3n) is 2.65. The second-order valence-electron chi connectivity index (χ2n) is 4.22. The number of H-pyrrole nitrogens is 2. The Kier molecular flexibility index (Phi) is 4.84. The molecule has 0 saturated carbocycles. The Hall–Kier alpha value is -2.21. The van der Waals surface area contributed by atoms with E-state index >= 15 is 0 Å². The summed E-state index contributed by atoms with van der Waals surface area (Å²) >= 11 is 4.87. The molecule has 104 valence electrons. The number of aryl methyl sites for hydroxylation is 1. The van der Waals surface area contributed by atoms with Crippen LogP contribution >= 0.6 is 12.2 Å². The van der Waals surface area contributed by atoms with Gasteiger partial charge in [-0.25, -0.2) is 4.79 Å². The molecule has 0 aliphatic heterocycles. The van der Waals surface area contributed by atoms with Crippen molar-refractivity contribution in [3.05, 3.63) is 62.8 Å². The molecule has 6 heteroatoms. The van der Waals surface area contributed by atoms with Gasteiger partial charge in [0.1, 0.15) is 0 Å². The number of hydrogen-bond donors (Lipinski definition) is 2. The standard InChI is InChI=1S/C14H14N2O3S/c17-12-9-11(15-14(20)16-12)7-4-8-19-13(18)10-5-2-1-3-6-10/h1-3,5-6,9H,4,7-8H2,(H2,15,16,17,20). The number of nitrogens with one attached hydrogen (secondary N) is 2. The molecule has 0 fully saturated rings. The van der Waals surface area contributed by atoms with Crippen LogP contribution in [-0.2, 0) is 11.2 Å². The van der Waals surface area contributed by atoms with Gasteiger partial charge in [-0.2, -0.15) is 0 Å². The number of benzene rings is 1. The minimum absolute atomic E-state index is 0.231. The number of hydrogen-bond acceptors (Lipinski definition) is 4. The number of aromatic amines is 2. The van der Waals surface area contributed by atoms with Crippen LogP contribution in [0.2, 0.25) is 0 Å². The van der Waals surface area contributed by atoms with Gasteiger partial charge in [0.15, 0.2) is 4.77 Å². The predicted molar refractivity (Wildman–Crippen MR) is 77.3 cm³/mol. The summed E-state index contributed by atoms with van der Waals surface area (Å²) in [6.45, 7) is 0.293. The first kappa shape index (κ1) is 14.2. The molecule has 2 rings (SSSR count). The molecule has 0 amide bonds. The first-order valence-corrected chi connectivity index (χ1v) is 6.61. The zero-order valence-electron chi connectivity index (χ0n) is 10.7. The first-order chi connectivity index (χ1) is 9.65. The SMILES string of the molecule is O=C(OCCCc1cc(=O)[nH]c(=S)[nH]1)c1ccccc1. The van der Waals surface area contributed by atoms with E-state index in [1.807, 2.05) is 6.07 Å². The molecule has 0 aliphatic rings. The molecule has 0 radical (unpaired) electrons. The minimum atomic E-state index is -0.343. The molecule has 2 aromatic rings. The van der Waals surface area contributed by atoms with E-state index in [9.17, 15) is 9.59 Å². The summed E-state index contributed by atoms with van der Waals surface area (Å²) in [4.78, 5) is 28.2. The zero-order valence-corrected chi connectivity index (χ0v) is 11.5. The van der Waals surface area contributed by atoms with Crippen LogP contribution in [0, 0.1) is 4.77 Å².